The van der Waals surface area contributed by atoms with Crippen LogP contribution in [0.5, 0.6) is 0 Å². The normalized spacial score (nSPS) is 10.0. The minimum absolute atomic E-state index is 0.122. The predicted octanol–water partition coefficient (Wildman–Crippen LogP) is 1.72. The van der Waals surface area contributed by atoms with E-state index in [9.17, 15) is 4.79 Å². The van der Waals surface area contributed by atoms with Gasteiger partial charge >= 0.3 is 0 Å². The zero-order valence-corrected chi connectivity index (χ0v) is 6.98. The van der Waals surface area contributed by atoms with Crippen LogP contribution in [-0.2, 0) is 4.79 Å². The van der Waals surface area contributed by atoms with Crippen LogP contribution >= 0.6 is 0 Å². The molecule has 0 aromatic carbocycles. The first kappa shape index (κ1) is 9.47. The Bertz CT molecular complexity index is 99.4. The lowest BCUT2D eigenvalue weighted by Crippen LogP contribution is -2.21. The molecule has 0 fully saturated rings. The topological polar surface area (TPSA) is 29.1 Å². The lowest BCUT2D eigenvalue weighted by atomic mass is 10.1. The van der Waals surface area contributed by atoms with Gasteiger partial charge in [-0.3, -0.25) is 4.79 Å². The van der Waals surface area contributed by atoms with E-state index >= 15 is 0 Å². The number of hydrogen-bond acceptors (Lipinski definition) is 1. The van der Waals surface area contributed by atoms with Crippen LogP contribution in [0.3, 0.4) is 0 Å². The van der Waals surface area contributed by atoms with Crippen LogP contribution in [-0.4, -0.2) is 5.91 Å². The van der Waals surface area contributed by atoms with Gasteiger partial charge in [0.1, 0.15) is 0 Å². The van der Waals surface area contributed by atoms with Gasteiger partial charge in [0.25, 0.3) is 0 Å². The zero-order valence-electron chi connectivity index (χ0n) is 6.98. The van der Waals surface area contributed by atoms with Gasteiger partial charge in [0.15, 0.2) is 0 Å². The smallest absolute Gasteiger partial charge is 0.220 e. The van der Waals surface area contributed by atoms with Crippen LogP contribution in [0.1, 0.15) is 33.6 Å². The van der Waals surface area contributed by atoms with Crippen LogP contribution in [0.15, 0.2) is 0 Å². The first-order valence-electron chi connectivity index (χ1n) is 3.77. The third-order valence-electron chi connectivity index (χ3n) is 1.06. The Morgan fingerprint density at radius 3 is 2.60 bits per heavy atom. The summed E-state index contributed by atoms with van der Waals surface area (Å²) in [7, 11) is 0. The molecule has 0 rings (SSSR count). The van der Waals surface area contributed by atoms with E-state index in [0.29, 0.717) is 12.3 Å². The fourth-order valence-corrected chi connectivity index (χ4v) is 0.646. The summed E-state index contributed by atoms with van der Waals surface area (Å²) in [5.74, 6) is 0.571. The van der Waals surface area contributed by atoms with Gasteiger partial charge in [-0.25, -0.2) is 0 Å². The molecule has 0 saturated carbocycles. The molecule has 0 aliphatic heterocycles. The number of carbonyl (C=O) groups is 1. The molecule has 2 heteroatoms. The van der Waals surface area contributed by atoms with Gasteiger partial charge in [-0.1, -0.05) is 20.8 Å². The van der Waals surface area contributed by atoms with Gasteiger partial charge < -0.3 is 5.32 Å². The Morgan fingerprint density at radius 1 is 1.60 bits per heavy atom. The molecule has 0 bridgehead atoms. The van der Waals surface area contributed by atoms with Crippen LogP contribution in [0.4, 0.5) is 0 Å². The maximum absolute atomic E-state index is 10.9. The molecule has 0 unspecified atom stereocenters. The molecule has 1 N–H and O–H groups in total. The monoisotopic (exact) mass is 142 g/mol. The number of nitrogens with one attached hydrogen (secondary N) is 1. The summed E-state index contributed by atoms with van der Waals surface area (Å²) in [6.07, 6.45) is 1.51. The van der Waals surface area contributed by atoms with Crippen molar-refractivity contribution in [3.8, 4) is 0 Å². The predicted molar refractivity (Wildman–Crippen MR) is 42.2 cm³/mol. The first-order valence-corrected chi connectivity index (χ1v) is 3.77. The lowest BCUT2D eigenvalue weighted by molar-refractivity contribution is -0.121. The Morgan fingerprint density at radius 2 is 2.20 bits per heavy atom. The third kappa shape index (κ3) is 5.60. The average molecular weight is 142 g/mol. The Kier molecular flexibility index (Phi) is 4.99. The van der Waals surface area contributed by atoms with E-state index < -0.39 is 0 Å². The molecule has 0 aromatic rings. The van der Waals surface area contributed by atoms with Gasteiger partial charge in [0.05, 0.1) is 0 Å². The number of rotatable bonds is 4. The summed E-state index contributed by atoms with van der Waals surface area (Å²) in [6.45, 7) is 7.84. The van der Waals surface area contributed by atoms with Gasteiger partial charge in [0, 0.05) is 13.0 Å². The molecule has 0 aliphatic rings. The Balaban J connectivity index is 3.26. The number of amides is 1. The maximum atomic E-state index is 10.9. The molecular weight excluding hydrogens is 126 g/mol. The highest BCUT2D eigenvalue weighted by Gasteiger charge is 2.01. The summed E-state index contributed by atoms with van der Waals surface area (Å²) in [5.41, 5.74) is 0. The highest BCUT2D eigenvalue weighted by atomic mass is 16.1. The van der Waals surface area contributed by atoms with Crippen molar-refractivity contribution in [1.29, 1.82) is 0 Å². The van der Waals surface area contributed by atoms with Crippen LogP contribution < -0.4 is 5.32 Å². The second kappa shape index (κ2) is 5.27. The quantitative estimate of drug-likeness (QED) is 0.636. The molecular formula is C8H16NO. The highest BCUT2D eigenvalue weighted by molar-refractivity contribution is 5.76. The van der Waals surface area contributed by atoms with Crippen LogP contribution in [0.25, 0.3) is 0 Å². The zero-order chi connectivity index (χ0) is 7.98. The minimum atomic E-state index is 0.122. The maximum Gasteiger partial charge on any atom is 0.220 e. The third-order valence-corrected chi connectivity index (χ3v) is 1.06. The van der Waals surface area contributed by atoms with Crippen molar-refractivity contribution in [2.24, 2.45) is 5.92 Å². The summed E-state index contributed by atoms with van der Waals surface area (Å²) in [4.78, 5) is 10.9. The van der Waals surface area contributed by atoms with Crippen molar-refractivity contribution in [1.82, 2.24) is 5.32 Å². The van der Waals surface area contributed by atoms with Crippen molar-refractivity contribution in [3.05, 3.63) is 6.54 Å². The van der Waals surface area contributed by atoms with Crippen molar-refractivity contribution >= 4 is 5.91 Å². The summed E-state index contributed by atoms with van der Waals surface area (Å²) in [6, 6.07) is 0. The molecule has 10 heavy (non-hydrogen) atoms. The van der Waals surface area contributed by atoms with Crippen molar-refractivity contribution in [3.63, 3.8) is 0 Å². The standard InChI is InChI=1S/C8H16NO/c1-4-5-9-8(10)6-7(2)3/h5,7H,4,6H2,1-3H3,(H,9,10). The average Bonchev–Trinajstić information content (AvgIpc) is 1.82. The molecule has 0 atom stereocenters. The van der Waals surface area contributed by atoms with E-state index in [1.807, 2.05) is 20.8 Å². The fourth-order valence-electron chi connectivity index (χ4n) is 0.646. The summed E-state index contributed by atoms with van der Waals surface area (Å²) in [5, 5.41) is 2.70. The number of carbonyl (C=O) groups excluding carboxylic acids is 1. The van der Waals surface area contributed by atoms with E-state index in [0.717, 1.165) is 6.42 Å². The molecule has 1 radical (unpaired) electrons. The van der Waals surface area contributed by atoms with E-state index in [4.69, 9.17) is 0 Å². The van der Waals surface area contributed by atoms with Gasteiger partial charge in [-0.15, -0.1) is 0 Å². The van der Waals surface area contributed by atoms with Crippen LogP contribution in [0, 0.1) is 12.5 Å². The second-order valence-corrected chi connectivity index (χ2v) is 2.78. The minimum Gasteiger partial charge on any atom is -0.351 e. The molecule has 0 saturated heterocycles. The van der Waals surface area contributed by atoms with Crippen molar-refractivity contribution < 1.29 is 4.79 Å². The summed E-state index contributed by atoms with van der Waals surface area (Å²) >= 11 is 0. The van der Waals surface area contributed by atoms with Gasteiger partial charge in [0.2, 0.25) is 5.91 Å². The van der Waals surface area contributed by atoms with Crippen molar-refractivity contribution in [2.75, 3.05) is 0 Å². The first-order chi connectivity index (χ1) is 4.66. The Hall–Kier alpha value is -0.530. The Labute approximate surface area is 63.0 Å². The SMILES string of the molecule is CC[CH]NC(=O)CC(C)C. The van der Waals surface area contributed by atoms with E-state index in [-0.39, 0.29) is 5.91 Å². The van der Waals surface area contributed by atoms with Crippen LogP contribution in [0.2, 0.25) is 0 Å². The molecule has 1 amide bonds. The molecule has 0 spiro atoms. The van der Waals surface area contributed by atoms with Gasteiger partial charge in [-0.2, -0.15) is 0 Å². The second-order valence-electron chi connectivity index (χ2n) is 2.78. The van der Waals surface area contributed by atoms with E-state index in [1.165, 1.54) is 0 Å². The largest absolute Gasteiger partial charge is 0.351 e. The molecule has 0 aliphatic carbocycles. The summed E-state index contributed by atoms with van der Waals surface area (Å²) < 4.78 is 0. The lowest BCUT2D eigenvalue weighted by Gasteiger charge is -2.04. The van der Waals surface area contributed by atoms with Gasteiger partial charge in [-0.05, 0) is 12.3 Å². The highest BCUT2D eigenvalue weighted by Crippen LogP contribution is 1.98. The van der Waals surface area contributed by atoms with E-state index in [2.05, 4.69) is 5.32 Å². The fraction of sp³-hybridized carbons (Fsp3) is 0.750. The van der Waals surface area contributed by atoms with Crippen molar-refractivity contribution in [2.45, 2.75) is 33.6 Å². The molecule has 59 valence electrons. The molecule has 0 heterocycles. The number of hydrogen-bond donors (Lipinski definition) is 1. The molecule has 0 aromatic heterocycles. The molecule has 2 nitrogen and oxygen atoms in total. The van der Waals surface area contributed by atoms with E-state index in [1.54, 1.807) is 6.54 Å².